The Morgan fingerprint density at radius 3 is 2.70 bits per heavy atom. The third kappa shape index (κ3) is 3.34. The lowest BCUT2D eigenvalue weighted by atomic mass is 10.1. The van der Waals surface area contributed by atoms with Gasteiger partial charge < -0.3 is 9.47 Å². The van der Waals surface area contributed by atoms with Crippen LogP contribution in [0.25, 0.3) is 0 Å². The third-order valence-corrected chi connectivity index (χ3v) is 5.46. The summed E-state index contributed by atoms with van der Waals surface area (Å²) in [7, 11) is -4.00. The Morgan fingerprint density at radius 2 is 1.91 bits per heavy atom. The van der Waals surface area contributed by atoms with Gasteiger partial charge in [0.05, 0.1) is 0 Å². The number of nitrogens with one attached hydrogen (secondary N) is 1. The Labute approximate surface area is 141 Å². The number of hydrogen-bond acceptors (Lipinski definition) is 4. The summed E-state index contributed by atoms with van der Waals surface area (Å²) in [5.74, 6) is 0.364. The van der Waals surface area contributed by atoms with Crippen molar-refractivity contribution in [2.24, 2.45) is 0 Å². The summed E-state index contributed by atoms with van der Waals surface area (Å²) in [6.07, 6.45) is 0. The van der Waals surface area contributed by atoms with E-state index in [2.05, 4.69) is 20.7 Å². The first-order valence-electron chi connectivity index (χ1n) is 6.74. The van der Waals surface area contributed by atoms with Crippen LogP contribution < -0.4 is 14.2 Å². The molecule has 1 aliphatic rings. The summed E-state index contributed by atoms with van der Waals surface area (Å²) < 4.78 is 52.0. The van der Waals surface area contributed by atoms with E-state index in [1.54, 1.807) is 25.1 Å². The van der Waals surface area contributed by atoms with Crippen LogP contribution in [0.15, 0.2) is 45.8 Å². The van der Waals surface area contributed by atoms with Crippen LogP contribution in [-0.4, -0.2) is 15.2 Å². The highest BCUT2D eigenvalue weighted by Gasteiger charge is 2.23. The van der Waals surface area contributed by atoms with Gasteiger partial charge in [0.15, 0.2) is 11.5 Å². The highest BCUT2D eigenvalue weighted by Crippen LogP contribution is 2.34. The predicted molar refractivity (Wildman–Crippen MR) is 85.4 cm³/mol. The second-order valence-electron chi connectivity index (χ2n) is 5.03. The largest absolute Gasteiger partial charge is 0.454 e. The van der Waals surface area contributed by atoms with Gasteiger partial charge in [0.2, 0.25) is 16.8 Å². The maximum Gasteiger partial charge on any atom is 0.244 e. The molecule has 0 radical (unpaired) electrons. The molecule has 0 saturated heterocycles. The molecule has 1 atom stereocenters. The molecule has 0 amide bonds. The Morgan fingerprint density at radius 1 is 1.17 bits per heavy atom. The summed E-state index contributed by atoms with van der Waals surface area (Å²) in [5.41, 5.74) is 0.688. The summed E-state index contributed by atoms with van der Waals surface area (Å²) in [4.78, 5) is -0.403. The van der Waals surface area contributed by atoms with Crippen molar-refractivity contribution in [3.8, 4) is 11.5 Å². The molecule has 0 aliphatic carbocycles. The minimum absolute atomic E-state index is 0.141. The van der Waals surface area contributed by atoms with Crippen molar-refractivity contribution in [3.05, 3.63) is 52.3 Å². The summed E-state index contributed by atoms with van der Waals surface area (Å²) in [6.45, 7) is 1.81. The van der Waals surface area contributed by atoms with Crippen molar-refractivity contribution in [3.63, 3.8) is 0 Å². The van der Waals surface area contributed by atoms with Gasteiger partial charge in [0.1, 0.15) is 10.7 Å². The van der Waals surface area contributed by atoms with Gasteiger partial charge in [-0.1, -0.05) is 22.0 Å². The van der Waals surface area contributed by atoms with Crippen molar-refractivity contribution in [1.29, 1.82) is 0 Å². The second kappa shape index (κ2) is 6.10. The first-order chi connectivity index (χ1) is 10.9. The zero-order valence-electron chi connectivity index (χ0n) is 12.0. The average Bonchev–Trinajstić information content (AvgIpc) is 2.96. The molecule has 5 nitrogen and oxygen atoms in total. The zero-order chi connectivity index (χ0) is 16.6. The van der Waals surface area contributed by atoms with E-state index in [4.69, 9.17) is 9.47 Å². The Balaban J connectivity index is 1.86. The van der Waals surface area contributed by atoms with Crippen LogP contribution in [0.3, 0.4) is 0 Å². The van der Waals surface area contributed by atoms with Gasteiger partial charge in [-0.25, -0.2) is 17.5 Å². The Hall–Kier alpha value is -1.64. The fourth-order valence-corrected chi connectivity index (χ4v) is 4.08. The van der Waals surface area contributed by atoms with Gasteiger partial charge in [-0.3, -0.25) is 0 Å². The van der Waals surface area contributed by atoms with Crippen LogP contribution >= 0.6 is 15.9 Å². The molecular formula is C15H13BrFNO4S. The van der Waals surface area contributed by atoms with Gasteiger partial charge in [0, 0.05) is 10.5 Å². The number of halogens is 2. The molecule has 23 heavy (non-hydrogen) atoms. The standard InChI is InChI=1S/C15H13BrFNO4S/c1-9(10-2-5-13-14(6-10)22-8-21-13)18-23(19,20)15-7-11(16)3-4-12(15)17/h2-7,9,18H,8H2,1H3. The molecule has 1 aliphatic heterocycles. The Bertz CT molecular complexity index is 857. The molecule has 0 bridgehead atoms. The first-order valence-corrected chi connectivity index (χ1v) is 9.01. The smallest absolute Gasteiger partial charge is 0.244 e. The quantitative estimate of drug-likeness (QED) is 0.852. The normalized spacial score (nSPS) is 14.7. The maximum absolute atomic E-state index is 13.8. The molecule has 1 heterocycles. The van der Waals surface area contributed by atoms with Crippen molar-refractivity contribution in [2.45, 2.75) is 17.9 Å². The fraction of sp³-hybridized carbons (Fsp3) is 0.200. The molecule has 122 valence electrons. The first kappa shape index (κ1) is 16.2. The van der Waals surface area contributed by atoms with E-state index in [1.807, 2.05) is 0 Å². The van der Waals surface area contributed by atoms with Crippen molar-refractivity contribution >= 4 is 26.0 Å². The van der Waals surface area contributed by atoms with Gasteiger partial charge in [-0.05, 0) is 42.8 Å². The number of benzene rings is 2. The van der Waals surface area contributed by atoms with Gasteiger partial charge in [0.25, 0.3) is 0 Å². The summed E-state index contributed by atoms with van der Waals surface area (Å²) >= 11 is 3.14. The molecule has 1 unspecified atom stereocenters. The zero-order valence-corrected chi connectivity index (χ0v) is 14.4. The molecule has 0 fully saturated rings. The van der Waals surface area contributed by atoms with Crippen LogP contribution in [0.4, 0.5) is 4.39 Å². The molecular weight excluding hydrogens is 389 g/mol. The molecule has 1 N–H and O–H groups in total. The van der Waals surface area contributed by atoms with Crippen LogP contribution in [-0.2, 0) is 10.0 Å². The van der Waals surface area contributed by atoms with Crippen LogP contribution in [0.1, 0.15) is 18.5 Å². The van der Waals surface area contributed by atoms with E-state index in [-0.39, 0.29) is 6.79 Å². The Kier molecular flexibility index (Phi) is 4.31. The summed E-state index contributed by atoms with van der Waals surface area (Å²) in [6, 6.07) is 8.35. The molecule has 0 spiro atoms. The topological polar surface area (TPSA) is 64.6 Å². The third-order valence-electron chi connectivity index (χ3n) is 3.41. The molecule has 2 aromatic rings. The molecule has 8 heteroatoms. The number of sulfonamides is 1. The number of hydrogen-bond donors (Lipinski definition) is 1. The lowest BCUT2D eigenvalue weighted by molar-refractivity contribution is 0.174. The average molecular weight is 402 g/mol. The van der Waals surface area contributed by atoms with E-state index < -0.39 is 26.8 Å². The maximum atomic E-state index is 13.8. The van der Waals surface area contributed by atoms with E-state index in [0.29, 0.717) is 21.5 Å². The highest BCUT2D eigenvalue weighted by molar-refractivity contribution is 9.10. The molecule has 0 aromatic heterocycles. The minimum atomic E-state index is -4.00. The fourth-order valence-electron chi connectivity index (χ4n) is 2.23. The SMILES string of the molecule is CC(NS(=O)(=O)c1cc(Br)ccc1F)c1ccc2c(c1)OCO2. The molecule has 3 rings (SSSR count). The van der Waals surface area contributed by atoms with E-state index in [9.17, 15) is 12.8 Å². The lowest BCUT2D eigenvalue weighted by Gasteiger charge is -2.15. The van der Waals surface area contributed by atoms with E-state index in [1.165, 1.54) is 12.1 Å². The molecule has 0 saturated carbocycles. The van der Waals surface area contributed by atoms with Crippen LogP contribution in [0.2, 0.25) is 0 Å². The highest BCUT2D eigenvalue weighted by atomic mass is 79.9. The van der Waals surface area contributed by atoms with Gasteiger partial charge >= 0.3 is 0 Å². The van der Waals surface area contributed by atoms with Gasteiger partial charge in [-0.15, -0.1) is 0 Å². The van der Waals surface area contributed by atoms with Crippen LogP contribution in [0.5, 0.6) is 11.5 Å². The van der Waals surface area contributed by atoms with Crippen molar-refractivity contribution in [1.82, 2.24) is 4.72 Å². The summed E-state index contributed by atoms with van der Waals surface area (Å²) in [5, 5.41) is 0. The van der Waals surface area contributed by atoms with Crippen LogP contribution in [0, 0.1) is 5.82 Å². The van der Waals surface area contributed by atoms with E-state index in [0.717, 1.165) is 6.07 Å². The predicted octanol–water partition coefficient (Wildman–Crippen LogP) is 3.36. The van der Waals surface area contributed by atoms with E-state index >= 15 is 0 Å². The monoisotopic (exact) mass is 401 g/mol. The van der Waals surface area contributed by atoms with Crippen molar-refractivity contribution in [2.75, 3.05) is 6.79 Å². The minimum Gasteiger partial charge on any atom is -0.454 e. The number of rotatable bonds is 4. The van der Waals surface area contributed by atoms with Gasteiger partial charge in [-0.2, -0.15) is 0 Å². The molecule has 2 aromatic carbocycles. The number of fused-ring (bicyclic) bond motifs is 1. The second-order valence-corrected chi connectivity index (χ2v) is 7.63. The lowest BCUT2D eigenvalue weighted by Crippen LogP contribution is -2.27. The number of ether oxygens (including phenoxy) is 2. The van der Waals surface area contributed by atoms with Crippen molar-refractivity contribution < 1.29 is 22.3 Å².